The van der Waals surface area contributed by atoms with Gasteiger partial charge in [0.15, 0.2) is 6.61 Å². The number of carbonyl (C=O) groups is 4. The minimum Gasteiger partial charge on any atom is -0.454 e. The Hall–Kier alpha value is -2.97. The van der Waals surface area contributed by atoms with Crippen LogP contribution in [0.5, 0.6) is 0 Å². The second-order valence-corrected chi connectivity index (χ2v) is 6.93. The van der Waals surface area contributed by atoms with Gasteiger partial charge in [0.1, 0.15) is 11.9 Å². The molecule has 0 radical (unpaired) electrons. The molecule has 0 unspecified atom stereocenters. The van der Waals surface area contributed by atoms with E-state index >= 15 is 0 Å². The molecule has 0 aliphatic heterocycles. The molecule has 0 aliphatic rings. The van der Waals surface area contributed by atoms with Gasteiger partial charge in [0.25, 0.3) is 11.8 Å². The van der Waals surface area contributed by atoms with E-state index in [-0.39, 0.29) is 17.4 Å². The van der Waals surface area contributed by atoms with Gasteiger partial charge in [0.2, 0.25) is 0 Å². The minimum absolute atomic E-state index is 0.208. The lowest BCUT2D eigenvalue weighted by molar-refractivity contribution is -0.151. The first-order valence-electron chi connectivity index (χ1n) is 8.91. The van der Waals surface area contributed by atoms with Crippen molar-refractivity contribution in [3.05, 3.63) is 35.6 Å². The van der Waals surface area contributed by atoms with Crippen LogP contribution in [-0.2, 0) is 14.3 Å². The lowest BCUT2D eigenvalue weighted by Gasteiger charge is -2.21. The van der Waals surface area contributed by atoms with E-state index < -0.39 is 42.3 Å². The van der Waals surface area contributed by atoms with E-state index in [4.69, 9.17) is 4.74 Å². The molecule has 3 N–H and O–H groups in total. The summed E-state index contributed by atoms with van der Waals surface area (Å²) in [6.45, 7) is 6.81. The molecule has 0 aliphatic carbocycles. The summed E-state index contributed by atoms with van der Waals surface area (Å²) in [6, 6.07) is 3.58. The van der Waals surface area contributed by atoms with E-state index in [9.17, 15) is 23.6 Å². The van der Waals surface area contributed by atoms with E-state index in [0.717, 1.165) is 6.07 Å². The van der Waals surface area contributed by atoms with Crippen LogP contribution in [0, 0.1) is 17.7 Å². The maximum absolute atomic E-state index is 13.7. The molecular weight excluding hydrogens is 369 g/mol. The van der Waals surface area contributed by atoms with Gasteiger partial charge < -0.3 is 15.4 Å². The van der Waals surface area contributed by atoms with Crippen molar-refractivity contribution in [1.29, 1.82) is 0 Å². The first-order chi connectivity index (χ1) is 13.1. The molecule has 0 fully saturated rings. The SMILES string of the molecule is CC(C)CNC(=O)NC(=O)COC(=O)[C@@H](NC(=O)c1ccccc1F)C(C)C. The number of ether oxygens (including phenoxy) is 1. The molecule has 28 heavy (non-hydrogen) atoms. The number of hydrogen-bond acceptors (Lipinski definition) is 5. The van der Waals surface area contributed by atoms with Crippen molar-refractivity contribution in [3.63, 3.8) is 0 Å². The van der Waals surface area contributed by atoms with Gasteiger partial charge in [-0.05, 0) is 24.0 Å². The van der Waals surface area contributed by atoms with Crippen LogP contribution in [0.3, 0.4) is 0 Å². The lowest BCUT2D eigenvalue weighted by atomic mass is 10.0. The summed E-state index contributed by atoms with van der Waals surface area (Å²) in [5, 5.41) is 6.92. The summed E-state index contributed by atoms with van der Waals surface area (Å²) >= 11 is 0. The smallest absolute Gasteiger partial charge is 0.329 e. The second kappa shape index (κ2) is 11.0. The molecule has 0 saturated carbocycles. The van der Waals surface area contributed by atoms with Gasteiger partial charge in [-0.3, -0.25) is 14.9 Å². The number of hydrogen-bond donors (Lipinski definition) is 3. The molecule has 1 aromatic rings. The van der Waals surface area contributed by atoms with Crippen molar-refractivity contribution in [2.45, 2.75) is 33.7 Å². The zero-order valence-corrected chi connectivity index (χ0v) is 16.4. The molecule has 0 saturated heterocycles. The van der Waals surface area contributed by atoms with Gasteiger partial charge in [-0.15, -0.1) is 0 Å². The molecule has 4 amide bonds. The topological polar surface area (TPSA) is 114 Å². The van der Waals surface area contributed by atoms with E-state index in [2.05, 4.69) is 10.6 Å². The summed E-state index contributed by atoms with van der Waals surface area (Å²) in [5.74, 6) is -3.33. The lowest BCUT2D eigenvalue weighted by Crippen LogP contribution is -2.47. The molecular formula is C19H26FN3O5. The molecule has 1 aromatic carbocycles. The van der Waals surface area contributed by atoms with E-state index in [1.54, 1.807) is 13.8 Å². The number of benzene rings is 1. The molecule has 0 spiro atoms. The highest BCUT2D eigenvalue weighted by Gasteiger charge is 2.27. The van der Waals surface area contributed by atoms with Crippen molar-refractivity contribution in [3.8, 4) is 0 Å². The molecule has 1 rings (SSSR count). The maximum atomic E-state index is 13.7. The van der Waals surface area contributed by atoms with Gasteiger partial charge in [0, 0.05) is 6.54 Å². The van der Waals surface area contributed by atoms with Crippen molar-refractivity contribution >= 4 is 23.8 Å². The van der Waals surface area contributed by atoms with Gasteiger partial charge in [-0.25, -0.2) is 14.0 Å². The number of nitrogens with one attached hydrogen (secondary N) is 3. The Morgan fingerprint density at radius 2 is 1.71 bits per heavy atom. The summed E-state index contributed by atoms with van der Waals surface area (Å²) < 4.78 is 18.6. The normalized spacial score (nSPS) is 11.7. The van der Waals surface area contributed by atoms with Gasteiger partial charge in [0.05, 0.1) is 5.56 Å². The average molecular weight is 395 g/mol. The molecule has 1 atom stereocenters. The van der Waals surface area contributed by atoms with Crippen LogP contribution >= 0.6 is 0 Å². The summed E-state index contributed by atoms with van der Waals surface area (Å²) in [4.78, 5) is 47.6. The van der Waals surface area contributed by atoms with Crippen molar-refractivity contribution in [2.75, 3.05) is 13.2 Å². The molecule has 0 aromatic heterocycles. The van der Waals surface area contributed by atoms with E-state index in [1.165, 1.54) is 18.2 Å². The molecule has 0 bridgehead atoms. The molecule has 154 valence electrons. The predicted molar refractivity (Wildman–Crippen MR) is 99.8 cm³/mol. The third kappa shape index (κ3) is 7.73. The Balaban J connectivity index is 2.58. The van der Waals surface area contributed by atoms with Crippen molar-refractivity contribution in [1.82, 2.24) is 16.0 Å². The molecule has 9 heteroatoms. The number of imide groups is 1. The van der Waals surface area contributed by atoms with Crippen LogP contribution in [0.4, 0.5) is 9.18 Å². The number of esters is 1. The Morgan fingerprint density at radius 3 is 2.29 bits per heavy atom. The second-order valence-electron chi connectivity index (χ2n) is 6.93. The van der Waals surface area contributed by atoms with Crippen LogP contribution in [0.25, 0.3) is 0 Å². The highest BCUT2D eigenvalue weighted by molar-refractivity contribution is 5.98. The van der Waals surface area contributed by atoms with Crippen molar-refractivity contribution in [2.24, 2.45) is 11.8 Å². The zero-order valence-electron chi connectivity index (χ0n) is 16.4. The van der Waals surface area contributed by atoms with E-state index in [1.807, 2.05) is 19.2 Å². The minimum atomic E-state index is -1.09. The van der Waals surface area contributed by atoms with Crippen LogP contribution in [0.15, 0.2) is 24.3 Å². The number of carbonyl (C=O) groups excluding carboxylic acids is 4. The fraction of sp³-hybridized carbons (Fsp3) is 0.474. The fourth-order valence-corrected chi connectivity index (χ4v) is 2.09. The fourth-order valence-electron chi connectivity index (χ4n) is 2.09. The van der Waals surface area contributed by atoms with Gasteiger partial charge in [-0.1, -0.05) is 39.8 Å². The third-order valence-electron chi connectivity index (χ3n) is 3.60. The van der Waals surface area contributed by atoms with Crippen LogP contribution in [0.2, 0.25) is 0 Å². The van der Waals surface area contributed by atoms with Gasteiger partial charge >= 0.3 is 12.0 Å². The largest absolute Gasteiger partial charge is 0.454 e. The predicted octanol–water partition coefficient (Wildman–Crippen LogP) is 1.61. The summed E-state index contributed by atoms with van der Waals surface area (Å²) in [6.07, 6.45) is 0. The first kappa shape index (κ1) is 23.1. The van der Waals surface area contributed by atoms with E-state index in [0.29, 0.717) is 6.54 Å². The number of halogens is 1. The first-order valence-corrected chi connectivity index (χ1v) is 8.91. The van der Waals surface area contributed by atoms with Crippen molar-refractivity contribution < 1.29 is 28.3 Å². The van der Waals surface area contributed by atoms with Crippen LogP contribution < -0.4 is 16.0 Å². The number of urea groups is 1. The number of amides is 4. The summed E-state index contributed by atoms with van der Waals surface area (Å²) in [5.41, 5.74) is -0.208. The standard InChI is InChI=1S/C19H26FN3O5/c1-11(2)9-21-19(27)22-15(24)10-28-18(26)16(12(3)4)23-17(25)13-7-5-6-8-14(13)20/h5-8,11-12,16H,9-10H2,1-4H3,(H,23,25)(H2,21,22,24,27)/t16-/m0/s1. The Morgan fingerprint density at radius 1 is 1.07 bits per heavy atom. The van der Waals surface area contributed by atoms with Gasteiger partial charge in [-0.2, -0.15) is 0 Å². The zero-order chi connectivity index (χ0) is 21.3. The number of rotatable bonds is 8. The molecule has 8 nitrogen and oxygen atoms in total. The monoisotopic (exact) mass is 395 g/mol. The highest BCUT2D eigenvalue weighted by Crippen LogP contribution is 2.09. The highest BCUT2D eigenvalue weighted by atomic mass is 19.1. The Labute approximate surface area is 163 Å². The quantitative estimate of drug-likeness (QED) is 0.579. The van der Waals surface area contributed by atoms with Crippen LogP contribution in [-0.4, -0.2) is 43.0 Å². The summed E-state index contributed by atoms with van der Waals surface area (Å²) in [7, 11) is 0. The third-order valence-corrected chi connectivity index (χ3v) is 3.60. The average Bonchev–Trinajstić information content (AvgIpc) is 2.62. The van der Waals surface area contributed by atoms with Crippen LogP contribution in [0.1, 0.15) is 38.1 Å². The maximum Gasteiger partial charge on any atom is 0.329 e. The Bertz CT molecular complexity index is 721. The molecule has 0 heterocycles. The Kier molecular flexibility index (Phi) is 9.07.